The van der Waals surface area contributed by atoms with Crippen LogP contribution < -0.4 is 14.8 Å². The van der Waals surface area contributed by atoms with Gasteiger partial charge < -0.3 is 9.47 Å². The molecule has 0 fully saturated rings. The molecule has 0 saturated carbocycles. The summed E-state index contributed by atoms with van der Waals surface area (Å²) in [5.74, 6) is 1.54. The number of rotatable bonds is 6. The van der Waals surface area contributed by atoms with Crippen LogP contribution >= 0.6 is 0 Å². The molecule has 3 heterocycles. The van der Waals surface area contributed by atoms with Crippen molar-refractivity contribution in [1.82, 2.24) is 24.6 Å². The Hall–Kier alpha value is -3.88. The van der Waals surface area contributed by atoms with E-state index in [1.807, 2.05) is 25.3 Å². The quantitative estimate of drug-likeness (QED) is 0.522. The molecule has 1 aromatic carbocycles. The van der Waals surface area contributed by atoms with E-state index >= 15 is 0 Å². The fraction of sp³-hybridized carbons (Fsp3) is 0.200. The van der Waals surface area contributed by atoms with Gasteiger partial charge in [0, 0.05) is 12.3 Å². The Kier molecular flexibility index (Phi) is 4.86. The summed E-state index contributed by atoms with van der Waals surface area (Å²) in [6.07, 6.45) is 2.65. The highest BCUT2D eigenvalue weighted by Gasteiger charge is 2.16. The number of hydrogen-bond acceptors (Lipinski definition) is 6. The predicted molar refractivity (Wildman–Crippen MR) is 107 cm³/mol. The number of fused-ring (bicyclic) bond motifs is 1. The van der Waals surface area contributed by atoms with Crippen molar-refractivity contribution in [2.24, 2.45) is 0 Å². The Balaban J connectivity index is 1.60. The molecule has 0 radical (unpaired) electrons. The molecule has 2 N–H and O–H groups in total. The molecule has 4 aromatic rings. The van der Waals surface area contributed by atoms with Gasteiger partial charge >= 0.3 is 0 Å². The Morgan fingerprint density at radius 1 is 1.17 bits per heavy atom. The van der Waals surface area contributed by atoms with E-state index in [0.29, 0.717) is 34.2 Å². The first kappa shape index (κ1) is 18.5. The minimum Gasteiger partial charge on any atom is -0.497 e. The highest BCUT2D eigenvalue weighted by atomic mass is 16.5. The van der Waals surface area contributed by atoms with Crippen molar-refractivity contribution in [3.63, 3.8) is 0 Å². The van der Waals surface area contributed by atoms with Crippen molar-refractivity contribution >= 4 is 17.5 Å². The molecule has 3 aromatic heterocycles. The van der Waals surface area contributed by atoms with Gasteiger partial charge in [-0.3, -0.25) is 19.6 Å². The first-order valence-electron chi connectivity index (χ1n) is 9.06. The second-order valence-corrected chi connectivity index (χ2v) is 6.25. The zero-order chi connectivity index (χ0) is 20.4. The van der Waals surface area contributed by atoms with E-state index in [4.69, 9.17) is 9.47 Å². The van der Waals surface area contributed by atoms with Gasteiger partial charge in [0.2, 0.25) is 5.95 Å². The monoisotopic (exact) mass is 392 g/mol. The van der Waals surface area contributed by atoms with Crippen molar-refractivity contribution in [3.8, 4) is 22.9 Å². The lowest BCUT2D eigenvalue weighted by atomic mass is 10.2. The fourth-order valence-electron chi connectivity index (χ4n) is 3.01. The van der Waals surface area contributed by atoms with Gasteiger partial charge in [0.05, 0.1) is 25.5 Å². The number of H-pyrrole nitrogens is 1. The molecular formula is C20H20N6O3. The number of nitrogens with zero attached hydrogens (tertiary/aromatic N) is 4. The third-order valence-corrected chi connectivity index (χ3v) is 4.51. The van der Waals surface area contributed by atoms with Crippen LogP contribution in [0.5, 0.6) is 11.5 Å². The number of carbonyl (C=O) groups excluding carboxylic acids is 1. The number of carbonyl (C=O) groups is 1. The van der Waals surface area contributed by atoms with Crippen molar-refractivity contribution < 1.29 is 14.3 Å². The van der Waals surface area contributed by atoms with Crippen LogP contribution in [0.3, 0.4) is 0 Å². The maximum absolute atomic E-state index is 12.8. The van der Waals surface area contributed by atoms with Crippen LogP contribution in [0, 0.1) is 0 Å². The normalized spacial score (nSPS) is 10.9. The Bertz CT molecular complexity index is 1180. The topological polar surface area (TPSA) is 106 Å². The van der Waals surface area contributed by atoms with Crippen LogP contribution in [0.25, 0.3) is 17.0 Å². The molecule has 148 valence electrons. The number of benzene rings is 1. The van der Waals surface area contributed by atoms with E-state index in [1.165, 1.54) is 0 Å². The Morgan fingerprint density at radius 2 is 2.03 bits per heavy atom. The maximum Gasteiger partial charge on any atom is 0.275 e. The lowest BCUT2D eigenvalue weighted by Crippen LogP contribution is -2.16. The SMILES string of the molecule is CCc1cn2c(C(=O)Nc3n[nH]c(-c4ccc(OC)cc4OC)n3)cccc2n1. The molecule has 0 aliphatic rings. The summed E-state index contributed by atoms with van der Waals surface area (Å²) < 4.78 is 12.4. The summed E-state index contributed by atoms with van der Waals surface area (Å²) in [5, 5.41) is 9.64. The van der Waals surface area contributed by atoms with Gasteiger partial charge in [-0.05, 0) is 30.7 Å². The molecule has 0 atom stereocenters. The summed E-state index contributed by atoms with van der Waals surface area (Å²) in [6, 6.07) is 10.7. The Morgan fingerprint density at radius 3 is 2.79 bits per heavy atom. The molecule has 0 unspecified atom stereocenters. The molecule has 0 aliphatic heterocycles. The largest absolute Gasteiger partial charge is 0.497 e. The third-order valence-electron chi connectivity index (χ3n) is 4.51. The molecule has 29 heavy (non-hydrogen) atoms. The van der Waals surface area contributed by atoms with Gasteiger partial charge in [0.15, 0.2) is 5.82 Å². The average molecular weight is 392 g/mol. The summed E-state index contributed by atoms with van der Waals surface area (Å²) in [5.41, 5.74) is 2.78. The number of pyridine rings is 1. The average Bonchev–Trinajstić information content (AvgIpc) is 3.39. The first-order chi connectivity index (χ1) is 14.1. The van der Waals surface area contributed by atoms with Gasteiger partial charge in [-0.1, -0.05) is 13.0 Å². The summed E-state index contributed by atoms with van der Waals surface area (Å²) in [4.78, 5) is 21.6. The van der Waals surface area contributed by atoms with Crippen LogP contribution in [0.2, 0.25) is 0 Å². The second-order valence-electron chi connectivity index (χ2n) is 6.25. The molecule has 4 rings (SSSR count). The number of hydrogen-bond donors (Lipinski definition) is 2. The zero-order valence-electron chi connectivity index (χ0n) is 16.3. The molecule has 9 nitrogen and oxygen atoms in total. The first-order valence-corrected chi connectivity index (χ1v) is 9.06. The molecular weight excluding hydrogens is 372 g/mol. The highest BCUT2D eigenvalue weighted by Crippen LogP contribution is 2.31. The summed E-state index contributed by atoms with van der Waals surface area (Å²) in [7, 11) is 3.15. The molecule has 0 saturated heterocycles. The van der Waals surface area contributed by atoms with Gasteiger partial charge in [0.25, 0.3) is 5.91 Å². The standard InChI is InChI=1S/C20H20N6O3/c1-4-12-11-26-15(6-5-7-17(26)21-12)19(27)23-20-22-18(24-25-20)14-9-8-13(28-2)10-16(14)29-3/h5-11H,4H2,1-3H3,(H2,22,23,24,25,27). The maximum atomic E-state index is 12.8. The number of nitrogens with one attached hydrogen (secondary N) is 2. The van der Waals surface area contributed by atoms with E-state index in [1.54, 1.807) is 42.9 Å². The van der Waals surface area contributed by atoms with Gasteiger partial charge in [-0.2, -0.15) is 4.98 Å². The molecule has 1 amide bonds. The molecule has 0 spiro atoms. The van der Waals surface area contributed by atoms with E-state index in [9.17, 15) is 4.79 Å². The van der Waals surface area contributed by atoms with Crippen molar-refractivity contribution in [2.45, 2.75) is 13.3 Å². The van der Waals surface area contributed by atoms with Crippen LogP contribution in [0.1, 0.15) is 23.1 Å². The lowest BCUT2D eigenvalue weighted by molar-refractivity contribution is 0.102. The van der Waals surface area contributed by atoms with E-state index in [0.717, 1.165) is 12.1 Å². The van der Waals surface area contributed by atoms with Crippen LogP contribution in [-0.4, -0.2) is 44.7 Å². The number of amides is 1. The minimum atomic E-state index is -0.331. The van der Waals surface area contributed by atoms with Crippen LogP contribution in [-0.2, 0) is 6.42 Å². The number of imidazole rings is 1. The number of aromatic nitrogens is 5. The van der Waals surface area contributed by atoms with Crippen LogP contribution in [0.4, 0.5) is 5.95 Å². The predicted octanol–water partition coefficient (Wildman–Crippen LogP) is 2.95. The molecule has 0 aliphatic carbocycles. The number of ether oxygens (including phenoxy) is 2. The summed E-state index contributed by atoms with van der Waals surface area (Å²) >= 11 is 0. The van der Waals surface area contributed by atoms with Crippen molar-refractivity contribution in [3.05, 3.63) is 54.0 Å². The van der Waals surface area contributed by atoms with E-state index in [-0.39, 0.29) is 11.9 Å². The number of aryl methyl sites for hydroxylation is 1. The molecule has 0 bridgehead atoms. The van der Waals surface area contributed by atoms with Crippen LogP contribution in [0.15, 0.2) is 42.6 Å². The smallest absolute Gasteiger partial charge is 0.275 e. The van der Waals surface area contributed by atoms with Crippen molar-refractivity contribution in [2.75, 3.05) is 19.5 Å². The third kappa shape index (κ3) is 3.49. The zero-order valence-corrected chi connectivity index (χ0v) is 16.3. The van der Waals surface area contributed by atoms with Crippen molar-refractivity contribution in [1.29, 1.82) is 0 Å². The van der Waals surface area contributed by atoms with E-state index in [2.05, 4.69) is 25.5 Å². The second kappa shape index (κ2) is 7.63. The van der Waals surface area contributed by atoms with Gasteiger partial charge in [0.1, 0.15) is 22.8 Å². The molecule has 9 heteroatoms. The lowest BCUT2D eigenvalue weighted by Gasteiger charge is -2.07. The number of methoxy groups -OCH3 is 2. The highest BCUT2D eigenvalue weighted by molar-refractivity contribution is 6.02. The number of aromatic amines is 1. The van der Waals surface area contributed by atoms with Gasteiger partial charge in [-0.15, -0.1) is 5.10 Å². The minimum absolute atomic E-state index is 0.163. The summed E-state index contributed by atoms with van der Waals surface area (Å²) in [6.45, 7) is 2.02. The number of anilines is 1. The Labute approximate surface area is 166 Å². The fourth-order valence-corrected chi connectivity index (χ4v) is 3.01. The van der Waals surface area contributed by atoms with E-state index < -0.39 is 0 Å². The van der Waals surface area contributed by atoms with Gasteiger partial charge in [-0.25, -0.2) is 4.98 Å².